The zero-order valence-electron chi connectivity index (χ0n) is 16.4. The molecule has 2 aliphatic rings. The van der Waals surface area contributed by atoms with E-state index < -0.39 is 16.5 Å². The molecule has 0 fully saturated rings. The lowest BCUT2D eigenvalue weighted by molar-refractivity contribution is -0.384. The minimum Gasteiger partial charge on any atom is -0.455 e. The lowest BCUT2D eigenvalue weighted by atomic mass is 9.81. The van der Waals surface area contributed by atoms with Gasteiger partial charge in [-0.05, 0) is 17.7 Å². The van der Waals surface area contributed by atoms with E-state index in [0.29, 0.717) is 39.2 Å². The van der Waals surface area contributed by atoms with Crippen LogP contribution in [0.3, 0.4) is 0 Å². The maximum absolute atomic E-state index is 13.4. The predicted molar refractivity (Wildman–Crippen MR) is 116 cm³/mol. The number of hydrogen-bond donors (Lipinski definition) is 0. The van der Waals surface area contributed by atoms with Crippen LogP contribution >= 0.6 is 0 Å². The maximum atomic E-state index is 13.4. The Bertz CT molecular complexity index is 1580. The topological polar surface area (TPSA) is 99.7 Å². The molecular formula is C25H13NO6. The van der Waals surface area contributed by atoms with Gasteiger partial charge in [0.25, 0.3) is 5.69 Å². The van der Waals surface area contributed by atoms with E-state index in [1.165, 1.54) is 18.2 Å². The van der Waals surface area contributed by atoms with Gasteiger partial charge in [-0.15, -0.1) is 0 Å². The van der Waals surface area contributed by atoms with Crippen LogP contribution in [0.15, 0.2) is 87.6 Å². The highest BCUT2D eigenvalue weighted by molar-refractivity contribution is 6.21. The standard InChI is InChI=1S/C25H13NO6/c27-22-15-8-1-2-9-16(15)23-20(22)19(13-6-5-7-14(12-13)26(29)30)21-24(32-23)17-10-3-4-11-18(17)31-25(21)28/h1-12,19H. The van der Waals surface area contributed by atoms with Gasteiger partial charge in [0.1, 0.15) is 17.1 Å². The molecule has 154 valence electrons. The Labute approximate surface area is 180 Å². The average molecular weight is 423 g/mol. The average Bonchev–Trinajstić information content (AvgIpc) is 3.10. The predicted octanol–water partition coefficient (Wildman–Crippen LogP) is 4.83. The molecule has 7 nitrogen and oxygen atoms in total. The zero-order chi connectivity index (χ0) is 22.0. The molecule has 0 amide bonds. The van der Waals surface area contributed by atoms with Crippen LogP contribution in [0.5, 0.6) is 5.75 Å². The van der Waals surface area contributed by atoms with Crippen molar-refractivity contribution in [2.45, 2.75) is 5.92 Å². The summed E-state index contributed by atoms with van der Waals surface area (Å²) in [6, 6.07) is 20.0. The van der Waals surface area contributed by atoms with E-state index in [9.17, 15) is 19.7 Å². The van der Waals surface area contributed by atoms with E-state index >= 15 is 0 Å². The van der Waals surface area contributed by atoms with Crippen molar-refractivity contribution >= 4 is 28.2 Å². The molecule has 0 bridgehead atoms. The van der Waals surface area contributed by atoms with Crippen molar-refractivity contribution < 1.29 is 18.9 Å². The van der Waals surface area contributed by atoms with Gasteiger partial charge in [0.2, 0.25) is 0 Å². The molecule has 1 aromatic heterocycles. The number of rotatable bonds is 2. The molecule has 6 rings (SSSR count). The largest absolute Gasteiger partial charge is 0.455 e. The SMILES string of the molecule is O=C1C2=C(Oc3c(c(=O)oc4ccccc34)C2c2cccc([N+](=O)[O-])c2)c2ccccc21. The summed E-state index contributed by atoms with van der Waals surface area (Å²) in [5, 5.41) is 12.0. The Morgan fingerprint density at radius 1 is 0.875 bits per heavy atom. The van der Waals surface area contributed by atoms with Gasteiger partial charge in [-0.1, -0.05) is 48.5 Å². The van der Waals surface area contributed by atoms with Gasteiger partial charge in [0.05, 0.1) is 27.4 Å². The van der Waals surface area contributed by atoms with Crippen LogP contribution in [0.1, 0.15) is 33.0 Å². The third-order valence-electron chi connectivity index (χ3n) is 5.90. The first kappa shape index (κ1) is 18.3. The molecule has 0 saturated heterocycles. The number of ketones is 1. The molecule has 1 aliphatic heterocycles. The number of carbonyl (C=O) groups excluding carboxylic acids is 1. The molecule has 1 unspecified atom stereocenters. The lowest BCUT2D eigenvalue weighted by Crippen LogP contribution is -2.24. The number of benzene rings is 3. The van der Waals surface area contributed by atoms with Gasteiger partial charge in [-0.2, -0.15) is 0 Å². The van der Waals surface area contributed by atoms with Gasteiger partial charge in [-0.3, -0.25) is 14.9 Å². The number of non-ortho nitro benzene ring substituents is 1. The van der Waals surface area contributed by atoms with Crippen LogP contribution in [0.4, 0.5) is 5.69 Å². The Kier molecular flexibility index (Phi) is 3.70. The van der Waals surface area contributed by atoms with Gasteiger partial charge < -0.3 is 9.15 Å². The molecule has 1 aliphatic carbocycles. The normalized spacial score (nSPS) is 16.4. The van der Waals surface area contributed by atoms with Gasteiger partial charge in [0, 0.05) is 23.3 Å². The second-order valence-electron chi connectivity index (χ2n) is 7.63. The quantitative estimate of drug-likeness (QED) is 0.260. The number of nitrogens with zero attached hydrogens (tertiary/aromatic N) is 1. The van der Waals surface area contributed by atoms with E-state index in [0.717, 1.165) is 0 Å². The number of para-hydroxylation sites is 1. The van der Waals surface area contributed by atoms with Crippen molar-refractivity contribution in [3.63, 3.8) is 0 Å². The summed E-state index contributed by atoms with van der Waals surface area (Å²) in [4.78, 5) is 37.5. The van der Waals surface area contributed by atoms with Crippen LogP contribution in [0, 0.1) is 10.1 Å². The molecule has 0 spiro atoms. The van der Waals surface area contributed by atoms with Crippen molar-refractivity contribution in [1.29, 1.82) is 0 Å². The van der Waals surface area contributed by atoms with Gasteiger partial charge in [0.15, 0.2) is 5.78 Å². The Morgan fingerprint density at radius 3 is 2.44 bits per heavy atom. The third kappa shape index (κ3) is 2.42. The van der Waals surface area contributed by atoms with Crippen LogP contribution < -0.4 is 10.4 Å². The van der Waals surface area contributed by atoms with E-state index in [4.69, 9.17) is 9.15 Å². The van der Waals surface area contributed by atoms with Gasteiger partial charge >= 0.3 is 5.63 Å². The summed E-state index contributed by atoms with van der Waals surface area (Å²) >= 11 is 0. The number of allylic oxidation sites excluding steroid dienone is 1. The highest BCUT2D eigenvalue weighted by Crippen LogP contribution is 2.51. The fourth-order valence-corrected chi connectivity index (χ4v) is 4.54. The van der Waals surface area contributed by atoms with E-state index in [-0.39, 0.29) is 22.6 Å². The van der Waals surface area contributed by atoms with Crippen LogP contribution in [-0.4, -0.2) is 10.7 Å². The second-order valence-corrected chi connectivity index (χ2v) is 7.63. The minimum atomic E-state index is -0.866. The second kappa shape index (κ2) is 6.49. The number of carbonyl (C=O) groups is 1. The van der Waals surface area contributed by atoms with Crippen LogP contribution in [-0.2, 0) is 0 Å². The Hall–Kier alpha value is -4.52. The maximum Gasteiger partial charge on any atom is 0.344 e. The summed E-state index contributed by atoms with van der Waals surface area (Å²) in [5.74, 6) is -0.471. The molecule has 3 aromatic carbocycles. The third-order valence-corrected chi connectivity index (χ3v) is 5.90. The van der Waals surface area contributed by atoms with Crippen molar-refractivity contribution in [2.75, 3.05) is 0 Å². The number of fused-ring (bicyclic) bond motifs is 5. The summed E-state index contributed by atoms with van der Waals surface area (Å²) < 4.78 is 11.8. The zero-order valence-corrected chi connectivity index (χ0v) is 16.4. The molecule has 32 heavy (non-hydrogen) atoms. The van der Waals surface area contributed by atoms with Crippen LogP contribution in [0.2, 0.25) is 0 Å². The minimum absolute atomic E-state index is 0.133. The first-order chi connectivity index (χ1) is 15.5. The first-order valence-electron chi connectivity index (χ1n) is 9.91. The summed E-state index contributed by atoms with van der Waals surface area (Å²) in [7, 11) is 0. The number of nitro benzene ring substituents is 1. The monoisotopic (exact) mass is 423 g/mol. The summed E-state index contributed by atoms with van der Waals surface area (Å²) in [6.07, 6.45) is 0. The van der Waals surface area contributed by atoms with Crippen molar-refractivity contribution in [3.8, 4) is 5.75 Å². The molecule has 0 N–H and O–H groups in total. The van der Waals surface area contributed by atoms with Crippen LogP contribution in [0.25, 0.3) is 16.7 Å². The Morgan fingerprint density at radius 2 is 1.62 bits per heavy atom. The highest BCUT2D eigenvalue weighted by atomic mass is 16.6. The lowest BCUT2D eigenvalue weighted by Gasteiger charge is -2.27. The van der Waals surface area contributed by atoms with E-state index in [1.807, 2.05) is 0 Å². The van der Waals surface area contributed by atoms with E-state index in [1.54, 1.807) is 54.6 Å². The molecule has 0 radical (unpaired) electrons. The smallest absolute Gasteiger partial charge is 0.344 e. The van der Waals surface area contributed by atoms with E-state index in [2.05, 4.69) is 0 Å². The summed E-state index contributed by atoms with van der Waals surface area (Å²) in [5.41, 5.74) is 1.55. The van der Waals surface area contributed by atoms with Crippen molar-refractivity contribution in [1.82, 2.24) is 0 Å². The number of hydrogen-bond acceptors (Lipinski definition) is 6. The number of nitro groups is 1. The molecule has 4 aromatic rings. The van der Waals surface area contributed by atoms with Crippen molar-refractivity contribution in [3.05, 3.63) is 121 Å². The molecule has 7 heteroatoms. The first-order valence-corrected chi connectivity index (χ1v) is 9.91. The number of Topliss-reactive ketones (excluding diaryl/α,β-unsaturated/α-hetero) is 1. The molecule has 0 saturated carbocycles. The Balaban J connectivity index is 1.71. The number of ether oxygens (including phenoxy) is 1. The van der Waals surface area contributed by atoms with Crippen molar-refractivity contribution in [2.24, 2.45) is 0 Å². The fraction of sp³-hybridized carbons (Fsp3) is 0.0400. The molecule has 1 atom stereocenters. The fourth-order valence-electron chi connectivity index (χ4n) is 4.54. The summed E-state index contributed by atoms with van der Waals surface area (Å²) in [6.45, 7) is 0. The molecular weight excluding hydrogens is 410 g/mol. The molecule has 2 heterocycles. The van der Waals surface area contributed by atoms with Gasteiger partial charge in [-0.25, -0.2) is 4.79 Å². The highest BCUT2D eigenvalue weighted by Gasteiger charge is 2.44.